The molecule has 21 heavy (non-hydrogen) atoms. The van der Waals surface area contributed by atoms with E-state index in [1.807, 2.05) is 13.0 Å². The Morgan fingerprint density at radius 3 is 2.43 bits per heavy atom. The highest BCUT2D eigenvalue weighted by Gasteiger charge is 2.34. The smallest absolute Gasteiger partial charge is 0.381 e. The first-order valence-corrected chi connectivity index (χ1v) is 6.51. The molecule has 2 rings (SSSR count). The second-order valence-electron chi connectivity index (χ2n) is 4.64. The van der Waals surface area contributed by atoms with Crippen LogP contribution in [0.1, 0.15) is 16.7 Å². The predicted molar refractivity (Wildman–Crippen MR) is 74.9 cm³/mol. The van der Waals surface area contributed by atoms with Crippen molar-refractivity contribution in [3.05, 3.63) is 63.9 Å². The minimum Gasteiger partial charge on any atom is -0.381 e. The summed E-state index contributed by atoms with van der Waals surface area (Å²) in [5.74, 6) is -1.29. The van der Waals surface area contributed by atoms with Crippen molar-refractivity contribution in [3.8, 4) is 0 Å². The van der Waals surface area contributed by atoms with Crippen LogP contribution in [0.5, 0.6) is 0 Å². The first-order valence-electron chi connectivity index (χ1n) is 6.13. The van der Waals surface area contributed by atoms with E-state index in [-0.39, 0.29) is 12.2 Å². The van der Waals surface area contributed by atoms with Gasteiger partial charge in [-0.25, -0.2) is 4.39 Å². The van der Waals surface area contributed by atoms with Gasteiger partial charge in [0.15, 0.2) is 0 Å². The number of aryl methyl sites for hydroxylation is 1. The van der Waals surface area contributed by atoms with Crippen LogP contribution in [0.2, 0.25) is 5.02 Å². The molecule has 0 aliphatic rings. The summed E-state index contributed by atoms with van der Waals surface area (Å²) in [5, 5.41) is 3.34. The maximum absolute atomic E-state index is 13.2. The van der Waals surface area contributed by atoms with Gasteiger partial charge in [0.25, 0.3) is 0 Å². The van der Waals surface area contributed by atoms with E-state index in [1.165, 1.54) is 6.07 Å². The molecular weight excluding hydrogens is 306 g/mol. The Hall–Kier alpha value is -1.75. The lowest BCUT2D eigenvalue weighted by atomic mass is 10.1. The lowest BCUT2D eigenvalue weighted by molar-refractivity contribution is -0.139. The quantitative estimate of drug-likeness (QED) is 0.745. The molecule has 0 saturated carbocycles. The third-order valence-corrected chi connectivity index (χ3v) is 3.32. The van der Waals surface area contributed by atoms with Crippen molar-refractivity contribution >= 4 is 17.3 Å². The van der Waals surface area contributed by atoms with Crippen LogP contribution in [-0.2, 0) is 12.7 Å². The fraction of sp³-hybridized carbons (Fsp3) is 0.200. The Morgan fingerprint density at radius 1 is 1.10 bits per heavy atom. The molecular formula is C15H12ClF4N. The summed E-state index contributed by atoms with van der Waals surface area (Å²) in [7, 11) is 0. The van der Waals surface area contributed by atoms with E-state index in [0.29, 0.717) is 5.02 Å². The van der Waals surface area contributed by atoms with Crippen molar-refractivity contribution < 1.29 is 17.6 Å². The Morgan fingerprint density at radius 2 is 1.81 bits per heavy atom. The highest BCUT2D eigenvalue weighted by molar-refractivity contribution is 6.31. The van der Waals surface area contributed by atoms with Crippen molar-refractivity contribution in [3.63, 3.8) is 0 Å². The van der Waals surface area contributed by atoms with Gasteiger partial charge in [0.1, 0.15) is 5.82 Å². The summed E-state index contributed by atoms with van der Waals surface area (Å²) in [6.45, 7) is 2.14. The monoisotopic (exact) mass is 317 g/mol. The number of rotatable bonds is 3. The predicted octanol–water partition coefficient (Wildman–Crippen LogP) is 5.42. The SMILES string of the molecule is Cc1ccc(CNc2ccc(F)c(C(F)(F)F)c2)c(Cl)c1. The van der Waals surface area contributed by atoms with Gasteiger partial charge in [-0.2, -0.15) is 13.2 Å². The van der Waals surface area contributed by atoms with Crippen molar-refractivity contribution in [1.29, 1.82) is 0 Å². The summed E-state index contributed by atoms with van der Waals surface area (Å²) < 4.78 is 51.0. The highest BCUT2D eigenvalue weighted by Crippen LogP contribution is 2.33. The van der Waals surface area contributed by atoms with Gasteiger partial charge in [-0.3, -0.25) is 0 Å². The lowest BCUT2D eigenvalue weighted by Gasteiger charge is -2.12. The van der Waals surface area contributed by atoms with Gasteiger partial charge in [-0.05, 0) is 42.3 Å². The molecule has 0 atom stereocenters. The van der Waals surface area contributed by atoms with E-state index in [2.05, 4.69) is 5.32 Å². The number of nitrogens with one attached hydrogen (secondary N) is 1. The molecule has 0 saturated heterocycles. The number of hydrogen-bond acceptors (Lipinski definition) is 1. The van der Waals surface area contributed by atoms with Crippen LogP contribution in [0.25, 0.3) is 0 Å². The summed E-state index contributed by atoms with van der Waals surface area (Å²) in [4.78, 5) is 0. The van der Waals surface area contributed by atoms with E-state index >= 15 is 0 Å². The first kappa shape index (κ1) is 15.6. The van der Waals surface area contributed by atoms with E-state index in [9.17, 15) is 17.6 Å². The van der Waals surface area contributed by atoms with Crippen molar-refractivity contribution in [2.75, 3.05) is 5.32 Å². The minimum absolute atomic E-state index is 0.181. The Bertz CT molecular complexity index is 653. The number of hydrogen-bond donors (Lipinski definition) is 1. The molecule has 0 aliphatic heterocycles. The van der Waals surface area contributed by atoms with Gasteiger partial charge in [0.05, 0.1) is 5.56 Å². The van der Waals surface area contributed by atoms with E-state index < -0.39 is 17.6 Å². The molecule has 0 bridgehead atoms. The van der Waals surface area contributed by atoms with E-state index in [1.54, 1.807) is 12.1 Å². The summed E-state index contributed by atoms with van der Waals surface area (Å²) in [5.41, 5.74) is 0.632. The zero-order valence-corrected chi connectivity index (χ0v) is 11.8. The molecule has 1 nitrogen and oxygen atoms in total. The molecule has 0 fully saturated rings. The van der Waals surface area contributed by atoms with E-state index in [0.717, 1.165) is 23.3 Å². The number of alkyl halides is 3. The van der Waals surface area contributed by atoms with Crippen molar-refractivity contribution in [2.45, 2.75) is 19.6 Å². The maximum atomic E-state index is 13.2. The second-order valence-corrected chi connectivity index (χ2v) is 5.05. The molecule has 0 spiro atoms. The number of anilines is 1. The molecule has 0 radical (unpaired) electrons. The van der Waals surface area contributed by atoms with Gasteiger partial charge >= 0.3 is 6.18 Å². The molecule has 0 aliphatic carbocycles. The topological polar surface area (TPSA) is 12.0 Å². The fourth-order valence-corrected chi connectivity index (χ4v) is 2.15. The highest BCUT2D eigenvalue weighted by atomic mass is 35.5. The van der Waals surface area contributed by atoms with E-state index in [4.69, 9.17) is 11.6 Å². The van der Waals surface area contributed by atoms with Gasteiger partial charge in [-0.15, -0.1) is 0 Å². The van der Waals surface area contributed by atoms with Crippen molar-refractivity contribution in [1.82, 2.24) is 0 Å². The molecule has 2 aromatic carbocycles. The summed E-state index contributed by atoms with van der Waals surface area (Å²) in [6, 6.07) is 8.21. The normalized spacial score (nSPS) is 11.5. The van der Waals surface area contributed by atoms with Crippen LogP contribution in [0.4, 0.5) is 23.2 Å². The summed E-state index contributed by atoms with van der Waals surface area (Å²) in [6.07, 6.45) is -4.72. The Kier molecular flexibility index (Phi) is 4.42. The number of benzene rings is 2. The zero-order chi connectivity index (χ0) is 15.6. The molecule has 2 aromatic rings. The molecule has 0 aromatic heterocycles. The van der Waals surface area contributed by atoms with Gasteiger partial charge in [0, 0.05) is 17.3 Å². The molecule has 6 heteroatoms. The van der Waals surface area contributed by atoms with Gasteiger partial charge in [-0.1, -0.05) is 23.7 Å². The average molecular weight is 318 g/mol. The van der Waals surface area contributed by atoms with Crippen LogP contribution in [-0.4, -0.2) is 0 Å². The average Bonchev–Trinajstić information content (AvgIpc) is 2.38. The maximum Gasteiger partial charge on any atom is 0.419 e. The molecule has 0 heterocycles. The number of halogens is 5. The summed E-state index contributed by atoms with van der Waals surface area (Å²) >= 11 is 6.04. The van der Waals surface area contributed by atoms with Crippen LogP contribution in [0.15, 0.2) is 36.4 Å². The third-order valence-electron chi connectivity index (χ3n) is 2.96. The lowest BCUT2D eigenvalue weighted by Crippen LogP contribution is -2.09. The molecule has 0 unspecified atom stereocenters. The van der Waals surface area contributed by atoms with Crippen LogP contribution < -0.4 is 5.32 Å². The van der Waals surface area contributed by atoms with Crippen molar-refractivity contribution in [2.24, 2.45) is 0 Å². The van der Waals surface area contributed by atoms with Crippen LogP contribution >= 0.6 is 11.6 Å². The van der Waals surface area contributed by atoms with Crippen LogP contribution in [0.3, 0.4) is 0 Å². The molecule has 1 N–H and O–H groups in total. The fourth-order valence-electron chi connectivity index (χ4n) is 1.85. The second kappa shape index (κ2) is 5.93. The standard InChI is InChI=1S/C15H12ClF4N/c1-9-2-3-10(13(16)6-9)8-21-11-4-5-14(17)12(7-11)15(18,19)20/h2-7,21H,8H2,1H3. The molecule has 0 amide bonds. The molecule has 112 valence electrons. The minimum atomic E-state index is -4.72. The Labute approximate surface area is 124 Å². The van der Waals surface area contributed by atoms with Crippen LogP contribution in [0, 0.1) is 12.7 Å². The van der Waals surface area contributed by atoms with Gasteiger partial charge in [0.2, 0.25) is 0 Å². The third kappa shape index (κ3) is 3.88. The first-order chi connectivity index (χ1) is 9.77. The zero-order valence-electron chi connectivity index (χ0n) is 11.1. The Balaban J connectivity index is 2.17. The largest absolute Gasteiger partial charge is 0.419 e. The van der Waals surface area contributed by atoms with Gasteiger partial charge < -0.3 is 5.32 Å².